The fraction of sp³-hybridized carbons (Fsp3) is 0.375. The van der Waals surface area contributed by atoms with Crippen LogP contribution in [0.15, 0.2) is 57.8 Å². The zero-order valence-corrected chi connectivity index (χ0v) is 19.1. The Morgan fingerprint density at radius 2 is 1.76 bits per heavy atom. The number of rotatable bonds is 5. The van der Waals surface area contributed by atoms with Gasteiger partial charge in [0.2, 0.25) is 15.9 Å². The first-order valence-corrected chi connectivity index (χ1v) is 12.5. The zero-order chi connectivity index (χ0) is 23.0. The van der Waals surface area contributed by atoms with Gasteiger partial charge in [-0.15, -0.1) is 0 Å². The maximum atomic E-state index is 13.1. The smallest absolute Gasteiger partial charge is 0.243 e. The molecule has 33 heavy (non-hydrogen) atoms. The van der Waals surface area contributed by atoms with Crippen LogP contribution < -0.4 is 14.8 Å². The third kappa shape index (κ3) is 4.30. The van der Waals surface area contributed by atoms with E-state index in [0.29, 0.717) is 43.3 Å². The normalized spacial score (nSPS) is 18.2. The fourth-order valence-electron chi connectivity index (χ4n) is 4.31. The van der Waals surface area contributed by atoms with Crippen molar-refractivity contribution in [3.63, 3.8) is 0 Å². The number of fused-ring (bicyclic) bond motifs is 2. The van der Waals surface area contributed by atoms with Crippen LogP contribution in [0.4, 0.5) is 0 Å². The van der Waals surface area contributed by atoms with Gasteiger partial charge in [-0.1, -0.05) is 18.2 Å². The maximum absolute atomic E-state index is 13.1. The highest BCUT2D eigenvalue weighted by Gasteiger charge is 2.33. The molecule has 0 bridgehead atoms. The molecular formula is C24H26N2O6S. The molecule has 1 aromatic heterocycles. The van der Waals surface area contributed by atoms with Crippen LogP contribution in [-0.2, 0) is 14.8 Å². The minimum absolute atomic E-state index is 0.0840. The third-order valence-electron chi connectivity index (χ3n) is 6.21. The Morgan fingerprint density at radius 1 is 1.03 bits per heavy atom. The molecule has 3 aromatic rings. The summed E-state index contributed by atoms with van der Waals surface area (Å²) >= 11 is 0. The number of amides is 1. The van der Waals surface area contributed by atoms with Gasteiger partial charge in [0.15, 0.2) is 11.5 Å². The first-order chi connectivity index (χ1) is 15.9. The van der Waals surface area contributed by atoms with Crippen LogP contribution in [0.1, 0.15) is 31.6 Å². The van der Waals surface area contributed by atoms with Gasteiger partial charge in [0, 0.05) is 30.5 Å². The SMILES string of the molecule is C[C@H](NC(=O)C1CCN(S(=O)(=O)c2ccc3c(c2)OCCO3)CC1)c1cc2ccccc2o1. The second kappa shape index (κ2) is 8.72. The highest BCUT2D eigenvalue weighted by atomic mass is 32.2. The Bertz CT molecular complexity index is 1240. The molecule has 0 radical (unpaired) electrons. The Labute approximate surface area is 192 Å². The Kier molecular flexibility index (Phi) is 5.76. The molecule has 2 aliphatic rings. The number of carbonyl (C=O) groups is 1. The molecule has 3 heterocycles. The van der Waals surface area contributed by atoms with Crippen molar-refractivity contribution in [2.75, 3.05) is 26.3 Å². The summed E-state index contributed by atoms with van der Waals surface area (Å²) in [4.78, 5) is 13.0. The predicted octanol–water partition coefficient (Wildman–Crippen LogP) is 3.48. The fourth-order valence-corrected chi connectivity index (χ4v) is 5.80. The average molecular weight is 471 g/mol. The molecule has 0 spiro atoms. The standard InChI is InChI=1S/C24H26N2O6S/c1-16(22-14-18-4-2-3-5-20(18)32-22)25-24(27)17-8-10-26(11-9-17)33(28,29)19-6-7-21-23(15-19)31-13-12-30-21/h2-7,14-17H,8-13H2,1H3,(H,25,27)/t16-/m0/s1. The molecule has 5 rings (SSSR count). The molecule has 2 aromatic carbocycles. The summed E-state index contributed by atoms with van der Waals surface area (Å²) in [5, 5.41) is 4.01. The van der Waals surface area contributed by atoms with E-state index in [4.69, 9.17) is 13.9 Å². The molecule has 174 valence electrons. The molecule has 2 aliphatic heterocycles. The topological polar surface area (TPSA) is 98.1 Å². The number of nitrogens with zero attached hydrogens (tertiary/aromatic N) is 1. The molecular weight excluding hydrogens is 444 g/mol. The first kappa shape index (κ1) is 21.8. The van der Waals surface area contributed by atoms with Crippen LogP contribution in [0.25, 0.3) is 11.0 Å². The lowest BCUT2D eigenvalue weighted by atomic mass is 9.97. The second-order valence-corrected chi connectivity index (χ2v) is 10.3. The largest absolute Gasteiger partial charge is 0.486 e. The lowest BCUT2D eigenvalue weighted by Crippen LogP contribution is -2.43. The summed E-state index contributed by atoms with van der Waals surface area (Å²) in [5.74, 6) is 1.36. The van der Waals surface area contributed by atoms with E-state index < -0.39 is 10.0 Å². The quantitative estimate of drug-likeness (QED) is 0.613. The molecule has 9 heteroatoms. The monoisotopic (exact) mass is 470 g/mol. The predicted molar refractivity (Wildman–Crippen MR) is 122 cm³/mol. The van der Waals surface area contributed by atoms with Crippen LogP contribution in [0, 0.1) is 5.92 Å². The van der Waals surface area contributed by atoms with Crippen molar-refractivity contribution in [1.82, 2.24) is 9.62 Å². The van der Waals surface area contributed by atoms with E-state index in [1.807, 2.05) is 37.3 Å². The van der Waals surface area contributed by atoms with E-state index in [1.165, 1.54) is 16.4 Å². The molecule has 1 atom stereocenters. The van der Waals surface area contributed by atoms with E-state index in [1.54, 1.807) is 6.07 Å². The number of hydrogen-bond acceptors (Lipinski definition) is 6. The Morgan fingerprint density at radius 3 is 2.52 bits per heavy atom. The molecule has 1 saturated heterocycles. The summed E-state index contributed by atoms with van der Waals surface area (Å²) in [6, 6.07) is 14.0. The minimum atomic E-state index is -3.67. The highest BCUT2D eigenvalue weighted by Crippen LogP contribution is 2.34. The lowest BCUT2D eigenvalue weighted by Gasteiger charge is -2.31. The number of ether oxygens (including phenoxy) is 2. The van der Waals surface area contributed by atoms with E-state index in [2.05, 4.69) is 5.32 Å². The number of sulfonamides is 1. The number of carbonyl (C=O) groups excluding carboxylic acids is 1. The van der Waals surface area contributed by atoms with Crippen molar-refractivity contribution in [1.29, 1.82) is 0 Å². The summed E-state index contributed by atoms with van der Waals surface area (Å²) < 4.78 is 44.5. The van der Waals surface area contributed by atoms with Crippen LogP contribution in [0.5, 0.6) is 11.5 Å². The third-order valence-corrected chi connectivity index (χ3v) is 8.10. The minimum Gasteiger partial charge on any atom is -0.486 e. The van der Waals surface area contributed by atoms with Crippen LogP contribution >= 0.6 is 0 Å². The van der Waals surface area contributed by atoms with Gasteiger partial charge in [0.25, 0.3) is 0 Å². The van der Waals surface area contributed by atoms with Crippen molar-refractivity contribution in [3.05, 3.63) is 54.3 Å². The van der Waals surface area contributed by atoms with Crippen molar-refractivity contribution in [3.8, 4) is 11.5 Å². The van der Waals surface area contributed by atoms with Gasteiger partial charge in [-0.3, -0.25) is 4.79 Å². The van der Waals surface area contributed by atoms with Crippen molar-refractivity contribution in [2.45, 2.75) is 30.7 Å². The molecule has 0 unspecified atom stereocenters. The molecule has 0 aliphatic carbocycles. The first-order valence-electron chi connectivity index (χ1n) is 11.1. The molecule has 1 N–H and O–H groups in total. The van der Waals surface area contributed by atoms with Crippen LogP contribution in [0.3, 0.4) is 0 Å². The number of piperidine rings is 1. The zero-order valence-electron chi connectivity index (χ0n) is 18.3. The Hall–Kier alpha value is -3.04. The van der Waals surface area contributed by atoms with Crippen molar-refractivity contribution < 1.29 is 27.1 Å². The van der Waals surface area contributed by atoms with E-state index in [0.717, 1.165) is 11.0 Å². The summed E-state index contributed by atoms with van der Waals surface area (Å²) in [6.07, 6.45) is 0.922. The van der Waals surface area contributed by atoms with Crippen LogP contribution in [0.2, 0.25) is 0 Å². The van der Waals surface area contributed by atoms with Gasteiger partial charge in [-0.05, 0) is 44.0 Å². The van der Waals surface area contributed by atoms with Gasteiger partial charge in [-0.25, -0.2) is 8.42 Å². The lowest BCUT2D eigenvalue weighted by molar-refractivity contribution is -0.126. The van der Waals surface area contributed by atoms with Crippen LogP contribution in [-0.4, -0.2) is 44.9 Å². The van der Waals surface area contributed by atoms with E-state index in [-0.39, 0.29) is 35.9 Å². The van der Waals surface area contributed by atoms with Gasteiger partial charge in [0.05, 0.1) is 10.9 Å². The highest BCUT2D eigenvalue weighted by molar-refractivity contribution is 7.89. The number of para-hydroxylation sites is 1. The van der Waals surface area contributed by atoms with Gasteiger partial charge in [-0.2, -0.15) is 4.31 Å². The molecule has 0 saturated carbocycles. The molecule has 8 nitrogen and oxygen atoms in total. The summed E-state index contributed by atoms with van der Waals surface area (Å²) in [7, 11) is -3.67. The summed E-state index contributed by atoms with van der Waals surface area (Å²) in [6.45, 7) is 3.30. The number of furan rings is 1. The molecule has 1 fully saturated rings. The van der Waals surface area contributed by atoms with E-state index >= 15 is 0 Å². The van der Waals surface area contributed by atoms with E-state index in [9.17, 15) is 13.2 Å². The maximum Gasteiger partial charge on any atom is 0.243 e. The molecule has 1 amide bonds. The number of benzene rings is 2. The summed E-state index contributed by atoms with van der Waals surface area (Å²) in [5.41, 5.74) is 0.784. The van der Waals surface area contributed by atoms with Crippen molar-refractivity contribution in [2.24, 2.45) is 5.92 Å². The van der Waals surface area contributed by atoms with Gasteiger partial charge < -0.3 is 19.2 Å². The van der Waals surface area contributed by atoms with Crippen molar-refractivity contribution >= 4 is 26.9 Å². The average Bonchev–Trinajstić information content (AvgIpc) is 3.28. The number of nitrogens with one attached hydrogen (secondary N) is 1. The number of hydrogen-bond donors (Lipinski definition) is 1. The van der Waals surface area contributed by atoms with Gasteiger partial charge >= 0.3 is 0 Å². The van der Waals surface area contributed by atoms with Gasteiger partial charge in [0.1, 0.15) is 24.6 Å². The Balaban J connectivity index is 1.20. The second-order valence-electron chi connectivity index (χ2n) is 8.40.